The van der Waals surface area contributed by atoms with E-state index in [1.54, 1.807) is 4.68 Å². The van der Waals surface area contributed by atoms with Gasteiger partial charge in [0.2, 0.25) is 0 Å². The monoisotopic (exact) mass is 367 g/mol. The van der Waals surface area contributed by atoms with Crippen LogP contribution in [-0.2, 0) is 9.84 Å². The van der Waals surface area contributed by atoms with E-state index < -0.39 is 9.84 Å². The molecular formula is C18H29N3O3S. The van der Waals surface area contributed by atoms with Crippen molar-refractivity contribution in [2.24, 2.45) is 0 Å². The second-order valence-electron chi connectivity index (χ2n) is 7.56. The molecule has 0 radical (unpaired) electrons. The van der Waals surface area contributed by atoms with E-state index in [0.29, 0.717) is 17.7 Å². The van der Waals surface area contributed by atoms with E-state index >= 15 is 0 Å². The van der Waals surface area contributed by atoms with Crippen molar-refractivity contribution in [2.45, 2.75) is 77.3 Å². The Morgan fingerprint density at radius 1 is 1.08 bits per heavy atom. The van der Waals surface area contributed by atoms with Crippen molar-refractivity contribution in [1.82, 2.24) is 15.1 Å². The van der Waals surface area contributed by atoms with Crippen LogP contribution in [0.25, 0.3) is 0 Å². The van der Waals surface area contributed by atoms with Crippen LogP contribution in [0.5, 0.6) is 0 Å². The number of nitrogens with zero attached hydrogens (tertiary/aromatic N) is 2. The molecule has 3 rings (SSSR count). The number of sulfone groups is 1. The molecule has 2 aliphatic rings. The van der Waals surface area contributed by atoms with E-state index in [4.69, 9.17) is 0 Å². The van der Waals surface area contributed by atoms with Gasteiger partial charge < -0.3 is 5.32 Å². The van der Waals surface area contributed by atoms with Crippen molar-refractivity contribution in [3.05, 3.63) is 17.0 Å². The maximum absolute atomic E-state index is 12.8. The highest BCUT2D eigenvalue weighted by molar-refractivity contribution is 7.91. The van der Waals surface area contributed by atoms with E-state index in [2.05, 4.69) is 10.4 Å². The molecule has 1 aromatic rings. The molecule has 0 unspecified atom stereocenters. The van der Waals surface area contributed by atoms with Gasteiger partial charge in [-0.3, -0.25) is 9.48 Å². The Kier molecular flexibility index (Phi) is 5.51. The summed E-state index contributed by atoms with van der Waals surface area (Å²) in [6, 6.07) is 0.0912. The molecule has 0 aromatic carbocycles. The first-order valence-corrected chi connectivity index (χ1v) is 11.3. The molecule has 6 nitrogen and oxygen atoms in total. The van der Waals surface area contributed by atoms with Crippen LogP contribution in [0.3, 0.4) is 0 Å². The lowest BCUT2D eigenvalue weighted by molar-refractivity contribution is 0.0929. The molecule has 1 saturated heterocycles. The Bertz CT molecular complexity index is 731. The first kappa shape index (κ1) is 18.4. The Hall–Kier alpha value is -1.37. The molecule has 2 heterocycles. The number of rotatable bonds is 3. The summed E-state index contributed by atoms with van der Waals surface area (Å²) < 4.78 is 25.3. The van der Waals surface area contributed by atoms with Crippen LogP contribution in [0.2, 0.25) is 0 Å². The van der Waals surface area contributed by atoms with Crippen LogP contribution in [-0.4, -0.2) is 41.7 Å². The number of carbonyl (C=O) groups excluding carboxylic acids is 1. The van der Waals surface area contributed by atoms with E-state index in [9.17, 15) is 13.2 Å². The largest absolute Gasteiger partial charge is 0.349 e. The summed E-state index contributed by atoms with van der Waals surface area (Å²) in [6.45, 7) is 3.71. The minimum Gasteiger partial charge on any atom is -0.349 e. The molecule has 1 aromatic heterocycles. The zero-order chi connectivity index (χ0) is 18.0. The van der Waals surface area contributed by atoms with Crippen LogP contribution in [0.15, 0.2) is 0 Å². The molecule has 1 aliphatic heterocycles. The summed E-state index contributed by atoms with van der Waals surface area (Å²) >= 11 is 0. The molecule has 1 amide bonds. The molecular weight excluding hydrogens is 338 g/mol. The number of nitrogens with one attached hydrogen (secondary N) is 1. The average molecular weight is 368 g/mol. The van der Waals surface area contributed by atoms with Gasteiger partial charge in [-0.1, -0.05) is 32.1 Å². The Morgan fingerprint density at radius 2 is 1.72 bits per heavy atom. The lowest BCUT2D eigenvalue weighted by Gasteiger charge is -2.21. The molecule has 25 heavy (non-hydrogen) atoms. The van der Waals surface area contributed by atoms with Crippen molar-refractivity contribution in [2.75, 3.05) is 11.5 Å². The predicted octanol–water partition coefficient (Wildman–Crippen LogP) is 2.70. The second kappa shape index (κ2) is 7.48. The van der Waals surface area contributed by atoms with E-state index in [0.717, 1.165) is 18.5 Å². The van der Waals surface area contributed by atoms with Gasteiger partial charge in [0, 0.05) is 11.7 Å². The van der Waals surface area contributed by atoms with Crippen LogP contribution >= 0.6 is 0 Å². The first-order valence-electron chi connectivity index (χ1n) is 9.44. The number of aryl methyl sites for hydroxylation is 1. The molecule has 1 N–H and O–H groups in total. The van der Waals surface area contributed by atoms with Crippen LogP contribution in [0.4, 0.5) is 0 Å². The van der Waals surface area contributed by atoms with Crippen molar-refractivity contribution in [3.63, 3.8) is 0 Å². The number of carbonyl (C=O) groups is 1. The number of hydrogen-bond donors (Lipinski definition) is 1. The third-order valence-electron chi connectivity index (χ3n) is 5.55. The molecule has 7 heteroatoms. The number of aromatic nitrogens is 2. The topological polar surface area (TPSA) is 81.1 Å². The average Bonchev–Trinajstić information content (AvgIpc) is 3.01. The lowest BCUT2D eigenvalue weighted by atomic mass is 9.96. The fourth-order valence-corrected chi connectivity index (χ4v) is 5.87. The molecule has 0 bridgehead atoms. The number of amides is 1. The molecule has 140 valence electrons. The smallest absolute Gasteiger partial charge is 0.255 e. The van der Waals surface area contributed by atoms with Crippen molar-refractivity contribution < 1.29 is 13.2 Å². The third-order valence-corrected chi connectivity index (χ3v) is 7.30. The van der Waals surface area contributed by atoms with E-state index in [1.807, 2.05) is 13.8 Å². The highest BCUT2D eigenvalue weighted by atomic mass is 32.2. The molecule has 1 saturated carbocycles. The quantitative estimate of drug-likeness (QED) is 0.890. The maximum Gasteiger partial charge on any atom is 0.255 e. The standard InChI is InChI=1S/C18H29N3O3S/c1-13-17(18(22)19-15-8-6-4-3-5-7-9-15)14(2)21(20-13)16-10-11-25(23,24)12-16/h15-16H,3-12H2,1-2H3,(H,19,22)/t16-/m0/s1. The van der Waals surface area contributed by atoms with E-state index in [1.165, 1.54) is 32.1 Å². The second-order valence-corrected chi connectivity index (χ2v) is 9.79. The van der Waals surface area contributed by atoms with Gasteiger partial charge in [0.05, 0.1) is 28.8 Å². The summed E-state index contributed by atoms with van der Waals surface area (Å²) in [7, 11) is -2.98. The zero-order valence-corrected chi connectivity index (χ0v) is 16.1. The maximum atomic E-state index is 12.8. The van der Waals surface area contributed by atoms with Crippen LogP contribution in [0, 0.1) is 13.8 Å². The minimum atomic E-state index is -2.98. The van der Waals surface area contributed by atoms with Gasteiger partial charge in [-0.15, -0.1) is 0 Å². The van der Waals surface area contributed by atoms with Gasteiger partial charge in [0.15, 0.2) is 9.84 Å². The first-order chi connectivity index (χ1) is 11.9. The summed E-state index contributed by atoms with van der Waals surface area (Å²) in [5.74, 6) is 0.269. The van der Waals surface area contributed by atoms with Crippen molar-refractivity contribution >= 4 is 15.7 Å². The Balaban J connectivity index is 1.74. The minimum absolute atomic E-state index is 0.0623. The fourth-order valence-electron chi connectivity index (χ4n) is 4.17. The Labute approximate surface area is 150 Å². The van der Waals surface area contributed by atoms with Gasteiger partial charge in [0.1, 0.15) is 0 Å². The van der Waals surface area contributed by atoms with Crippen molar-refractivity contribution in [3.8, 4) is 0 Å². The van der Waals surface area contributed by atoms with Gasteiger partial charge in [0.25, 0.3) is 5.91 Å². The Morgan fingerprint density at radius 3 is 2.32 bits per heavy atom. The highest BCUT2D eigenvalue weighted by Crippen LogP contribution is 2.27. The summed E-state index contributed by atoms with van der Waals surface area (Å²) in [6.07, 6.45) is 8.79. The van der Waals surface area contributed by atoms with Gasteiger partial charge >= 0.3 is 0 Å². The van der Waals surface area contributed by atoms with Gasteiger partial charge in [-0.05, 0) is 33.1 Å². The predicted molar refractivity (Wildman–Crippen MR) is 97.6 cm³/mol. The van der Waals surface area contributed by atoms with Crippen molar-refractivity contribution in [1.29, 1.82) is 0 Å². The molecule has 1 aliphatic carbocycles. The van der Waals surface area contributed by atoms with Crippen LogP contribution < -0.4 is 5.32 Å². The summed E-state index contributed by atoms with van der Waals surface area (Å²) in [5.41, 5.74) is 2.08. The third kappa shape index (κ3) is 4.25. The summed E-state index contributed by atoms with van der Waals surface area (Å²) in [4.78, 5) is 12.8. The molecule has 2 fully saturated rings. The zero-order valence-electron chi connectivity index (χ0n) is 15.3. The van der Waals surface area contributed by atoms with E-state index in [-0.39, 0.29) is 29.5 Å². The SMILES string of the molecule is Cc1nn([C@H]2CCS(=O)(=O)C2)c(C)c1C(=O)NC1CCCCCCC1. The highest BCUT2D eigenvalue weighted by Gasteiger charge is 2.32. The van der Waals surface area contributed by atoms with Crippen LogP contribution in [0.1, 0.15) is 79.2 Å². The fraction of sp³-hybridized carbons (Fsp3) is 0.778. The lowest BCUT2D eigenvalue weighted by Crippen LogP contribution is -2.35. The summed E-state index contributed by atoms with van der Waals surface area (Å²) in [5, 5.41) is 7.69. The molecule has 1 atom stereocenters. The molecule has 0 spiro atoms. The van der Waals surface area contributed by atoms with Gasteiger partial charge in [-0.25, -0.2) is 8.42 Å². The van der Waals surface area contributed by atoms with Gasteiger partial charge in [-0.2, -0.15) is 5.10 Å². The number of hydrogen-bond acceptors (Lipinski definition) is 4. The normalized spacial score (nSPS) is 24.6.